The number of allylic oxidation sites excluding steroid dienone is 1. The lowest BCUT2D eigenvalue weighted by Gasteiger charge is -2.33. The van der Waals surface area contributed by atoms with Crippen LogP contribution < -0.4 is 4.74 Å². The monoisotopic (exact) mass is 604 g/mol. The lowest BCUT2D eigenvalue weighted by atomic mass is 9.77. The number of hydrogen-bond donors (Lipinski definition) is 0. The van der Waals surface area contributed by atoms with E-state index in [0.717, 1.165) is 54.0 Å². The van der Waals surface area contributed by atoms with Crippen LogP contribution in [0.1, 0.15) is 83.3 Å². The van der Waals surface area contributed by atoms with E-state index < -0.39 is 24.0 Å². The van der Waals surface area contributed by atoms with Gasteiger partial charge in [0, 0.05) is 23.4 Å². The van der Waals surface area contributed by atoms with Gasteiger partial charge in [0.1, 0.15) is 12.1 Å². The third-order valence-electron chi connectivity index (χ3n) is 8.96. The number of rotatable bonds is 13. The largest absolute Gasteiger partial charge is 0.472 e. The van der Waals surface area contributed by atoms with Gasteiger partial charge in [0.15, 0.2) is 0 Å². The topological polar surface area (TPSA) is 95.0 Å². The Morgan fingerprint density at radius 2 is 1.89 bits per heavy atom. The number of fused-ring (bicyclic) bond motifs is 1. The second-order valence-corrected chi connectivity index (χ2v) is 13.0. The molecule has 2 heterocycles. The van der Waals surface area contributed by atoms with Gasteiger partial charge in [0.05, 0.1) is 32.1 Å². The second-order valence-electron chi connectivity index (χ2n) is 13.0. The molecule has 1 aliphatic carbocycles. The highest BCUT2D eigenvalue weighted by Gasteiger charge is 2.46. The van der Waals surface area contributed by atoms with E-state index in [0.29, 0.717) is 12.3 Å². The molecule has 1 saturated carbocycles. The number of benzene rings is 1. The molecule has 0 N–H and O–H groups in total. The Balaban J connectivity index is 1.58. The lowest BCUT2D eigenvalue weighted by Crippen LogP contribution is -2.47. The molecule has 3 atom stereocenters. The maximum absolute atomic E-state index is 14.3. The van der Waals surface area contributed by atoms with Gasteiger partial charge in [-0.1, -0.05) is 57.9 Å². The number of nitrogens with zero attached hydrogens (tertiary/aromatic N) is 2. The Morgan fingerprint density at radius 3 is 2.57 bits per heavy atom. The van der Waals surface area contributed by atoms with Crippen molar-refractivity contribution >= 4 is 34.7 Å². The number of ether oxygens (including phenoxy) is 3. The van der Waals surface area contributed by atoms with Crippen molar-refractivity contribution in [2.45, 2.75) is 91.2 Å². The van der Waals surface area contributed by atoms with Crippen molar-refractivity contribution in [3.63, 3.8) is 0 Å². The Kier molecular flexibility index (Phi) is 11.2. The van der Waals surface area contributed by atoms with E-state index in [1.54, 1.807) is 24.1 Å². The number of likely N-dealkylation sites (tertiary alicyclic amines) is 1. The SMILES string of the molecule is C=CCC(C)(C)COC(=O)C[C@H](C(=O)N1C[C@H](Oc2nccc3cc(C)c(C=C)cc23)C[C@H]1C(=O)OCC)C1CCCCC1. The minimum absolute atomic E-state index is 0.0141. The molecule has 238 valence electrons. The third-order valence-corrected chi connectivity index (χ3v) is 8.96. The quantitative estimate of drug-likeness (QED) is 0.183. The van der Waals surface area contributed by atoms with E-state index in [1.165, 1.54) is 0 Å². The maximum atomic E-state index is 14.3. The molecule has 1 amide bonds. The number of aryl methyl sites for hydroxylation is 1. The zero-order valence-corrected chi connectivity index (χ0v) is 26.8. The van der Waals surface area contributed by atoms with Crippen LogP contribution >= 0.6 is 0 Å². The number of aromatic nitrogens is 1. The van der Waals surface area contributed by atoms with Gasteiger partial charge in [-0.2, -0.15) is 0 Å². The number of amides is 1. The van der Waals surface area contributed by atoms with Gasteiger partial charge in [0.25, 0.3) is 0 Å². The Labute approximate surface area is 261 Å². The summed E-state index contributed by atoms with van der Waals surface area (Å²) in [5, 5.41) is 1.82. The zero-order chi connectivity index (χ0) is 31.9. The van der Waals surface area contributed by atoms with Crippen molar-refractivity contribution in [3.8, 4) is 5.88 Å². The summed E-state index contributed by atoms with van der Waals surface area (Å²) in [6.45, 7) is 16.2. The molecule has 1 aromatic heterocycles. The summed E-state index contributed by atoms with van der Waals surface area (Å²) < 4.78 is 17.5. The molecule has 2 aromatic rings. The van der Waals surface area contributed by atoms with Crippen LogP contribution in [-0.4, -0.2) is 59.6 Å². The Morgan fingerprint density at radius 1 is 1.14 bits per heavy atom. The molecular weight excluding hydrogens is 556 g/mol. The van der Waals surface area contributed by atoms with Crippen molar-refractivity contribution in [1.82, 2.24) is 9.88 Å². The van der Waals surface area contributed by atoms with E-state index in [4.69, 9.17) is 14.2 Å². The molecule has 2 aliphatic rings. The first-order chi connectivity index (χ1) is 21.1. The molecule has 1 aromatic carbocycles. The summed E-state index contributed by atoms with van der Waals surface area (Å²) in [6.07, 6.45) is 10.7. The van der Waals surface area contributed by atoms with Crippen LogP contribution in [-0.2, 0) is 23.9 Å². The first-order valence-electron chi connectivity index (χ1n) is 16.0. The van der Waals surface area contributed by atoms with E-state index >= 15 is 0 Å². The minimum Gasteiger partial charge on any atom is -0.472 e. The summed E-state index contributed by atoms with van der Waals surface area (Å²) in [6, 6.07) is 5.20. The van der Waals surface area contributed by atoms with E-state index in [1.807, 2.05) is 39.0 Å². The predicted octanol–water partition coefficient (Wildman–Crippen LogP) is 6.83. The van der Waals surface area contributed by atoms with Crippen LogP contribution in [0.25, 0.3) is 16.8 Å². The van der Waals surface area contributed by atoms with Gasteiger partial charge in [-0.25, -0.2) is 9.78 Å². The molecule has 8 nitrogen and oxygen atoms in total. The highest BCUT2D eigenvalue weighted by molar-refractivity contribution is 5.90. The normalized spacial score (nSPS) is 19.8. The van der Waals surface area contributed by atoms with Crippen LogP contribution in [0.5, 0.6) is 5.88 Å². The predicted molar refractivity (Wildman–Crippen MR) is 172 cm³/mol. The van der Waals surface area contributed by atoms with E-state index in [-0.39, 0.29) is 55.8 Å². The van der Waals surface area contributed by atoms with Crippen molar-refractivity contribution in [2.24, 2.45) is 17.3 Å². The summed E-state index contributed by atoms with van der Waals surface area (Å²) in [5.74, 6) is -1.14. The Hall–Kier alpha value is -3.68. The van der Waals surface area contributed by atoms with Crippen LogP contribution in [0.3, 0.4) is 0 Å². The van der Waals surface area contributed by atoms with Gasteiger partial charge in [-0.15, -0.1) is 6.58 Å². The van der Waals surface area contributed by atoms with Gasteiger partial charge in [-0.05, 0) is 67.7 Å². The molecule has 1 saturated heterocycles. The first-order valence-corrected chi connectivity index (χ1v) is 16.0. The summed E-state index contributed by atoms with van der Waals surface area (Å²) in [5.41, 5.74) is 1.84. The molecule has 0 bridgehead atoms. The van der Waals surface area contributed by atoms with E-state index in [2.05, 4.69) is 24.2 Å². The third kappa shape index (κ3) is 8.07. The van der Waals surface area contributed by atoms with Crippen LogP contribution in [0.4, 0.5) is 0 Å². The van der Waals surface area contributed by atoms with Crippen LogP contribution in [0.15, 0.2) is 43.6 Å². The molecule has 44 heavy (non-hydrogen) atoms. The average Bonchev–Trinajstić information content (AvgIpc) is 3.43. The molecule has 0 spiro atoms. The smallest absolute Gasteiger partial charge is 0.328 e. The number of carbonyl (C=O) groups excluding carboxylic acids is 3. The van der Waals surface area contributed by atoms with Gasteiger partial charge < -0.3 is 19.1 Å². The van der Waals surface area contributed by atoms with Crippen molar-refractivity contribution in [3.05, 3.63) is 54.8 Å². The minimum atomic E-state index is -0.804. The fraction of sp³-hybridized carbons (Fsp3) is 0.556. The van der Waals surface area contributed by atoms with Gasteiger partial charge in [-0.3, -0.25) is 9.59 Å². The fourth-order valence-corrected chi connectivity index (χ4v) is 6.55. The maximum Gasteiger partial charge on any atom is 0.328 e. The molecule has 0 unspecified atom stereocenters. The number of carbonyl (C=O) groups is 3. The van der Waals surface area contributed by atoms with Crippen molar-refractivity contribution < 1.29 is 28.6 Å². The van der Waals surface area contributed by atoms with Crippen molar-refractivity contribution in [1.29, 1.82) is 0 Å². The van der Waals surface area contributed by atoms with E-state index in [9.17, 15) is 14.4 Å². The highest BCUT2D eigenvalue weighted by Crippen LogP contribution is 2.36. The standard InChI is InChI=1S/C36H48N2O6/c1-7-16-36(5,6)23-43-32(39)21-30(26-13-11-10-12-14-26)34(40)38-22-28(20-31(38)35(41)42-9-3)44-33-29-19-25(8-2)24(4)18-27(29)15-17-37-33/h7-8,15,17-19,26,28,30-31H,1-2,9-14,16,20-23H2,3-6H3/t28-,30+,31+/m1/s1. The molecule has 0 radical (unpaired) electrons. The molecule has 8 heteroatoms. The van der Waals surface area contributed by atoms with Crippen LogP contribution in [0, 0.1) is 24.2 Å². The lowest BCUT2D eigenvalue weighted by molar-refractivity contribution is -0.157. The number of hydrogen-bond acceptors (Lipinski definition) is 7. The molecule has 4 rings (SSSR count). The Bertz CT molecular complexity index is 1360. The highest BCUT2D eigenvalue weighted by atomic mass is 16.5. The van der Waals surface area contributed by atoms with Crippen LogP contribution in [0.2, 0.25) is 0 Å². The zero-order valence-electron chi connectivity index (χ0n) is 26.8. The number of pyridine rings is 1. The second kappa shape index (κ2) is 14.9. The molecular formula is C36H48N2O6. The van der Waals surface area contributed by atoms with Crippen molar-refractivity contribution in [2.75, 3.05) is 19.8 Å². The van der Waals surface area contributed by atoms with Gasteiger partial charge in [0.2, 0.25) is 11.8 Å². The molecule has 1 aliphatic heterocycles. The van der Waals surface area contributed by atoms with Gasteiger partial charge >= 0.3 is 11.9 Å². The summed E-state index contributed by atoms with van der Waals surface area (Å²) in [7, 11) is 0. The first kappa shape index (κ1) is 33.2. The fourth-order valence-electron chi connectivity index (χ4n) is 6.55. The molecule has 2 fully saturated rings. The number of esters is 2. The summed E-state index contributed by atoms with van der Waals surface area (Å²) in [4.78, 5) is 46.8. The summed E-state index contributed by atoms with van der Waals surface area (Å²) >= 11 is 0. The average molecular weight is 605 g/mol.